The van der Waals surface area contributed by atoms with Gasteiger partial charge in [-0.1, -0.05) is 18.9 Å². The third-order valence-corrected chi connectivity index (χ3v) is 3.68. The zero-order valence-corrected chi connectivity index (χ0v) is 11.2. The van der Waals surface area contributed by atoms with Gasteiger partial charge >= 0.3 is 0 Å². The molecule has 1 aromatic rings. The van der Waals surface area contributed by atoms with Crippen molar-refractivity contribution in [3.8, 4) is 6.07 Å². The average Bonchev–Trinajstić information content (AvgIpc) is 2.83. The van der Waals surface area contributed by atoms with Crippen molar-refractivity contribution >= 4 is 5.91 Å². The molecule has 0 aromatic heterocycles. The Morgan fingerprint density at radius 2 is 2.15 bits per heavy atom. The molecule has 20 heavy (non-hydrogen) atoms. The molecule has 0 unspecified atom stereocenters. The minimum Gasteiger partial charge on any atom is -0.389 e. The summed E-state index contributed by atoms with van der Waals surface area (Å²) in [5.41, 5.74) is -0.318. The quantitative estimate of drug-likeness (QED) is 0.883. The predicted octanol–water partition coefficient (Wildman–Crippen LogP) is 2.01. The van der Waals surface area contributed by atoms with Crippen molar-refractivity contribution in [3.63, 3.8) is 0 Å². The Bertz CT molecular complexity index is 545. The molecule has 1 amide bonds. The van der Waals surface area contributed by atoms with E-state index in [9.17, 15) is 14.3 Å². The number of nitrogens with one attached hydrogen (secondary N) is 1. The number of hydrogen-bond acceptors (Lipinski definition) is 3. The van der Waals surface area contributed by atoms with E-state index in [1.54, 1.807) is 0 Å². The van der Waals surface area contributed by atoms with Crippen LogP contribution in [0.1, 0.15) is 43.2 Å². The van der Waals surface area contributed by atoms with Gasteiger partial charge < -0.3 is 10.4 Å². The zero-order chi connectivity index (χ0) is 14.6. The van der Waals surface area contributed by atoms with Crippen LogP contribution in [0.4, 0.5) is 4.39 Å². The fraction of sp³-hybridized carbons (Fsp3) is 0.467. The third-order valence-electron chi connectivity index (χ3n) is 3.68. The first-order valence-electron chi connectivity index (χ1n) is 6.70. The molecule has 0 bridgehead atoms. The first-order chi connectivity index (χ1) is 9.52. The molecule has 5 heteroatoms. The Morgan fingerprint density at radius 1 is 1.45 bits per heavy atom. The van der Waals surface area contributed by atoms with Crippen LogP contribution >= 0.6 is 0 Å². The summed E-state index contributed by atoms with van der Waals surface area (Å²) in [4.78, 5) is 11.8. The maximum absolute atomic E-state index is 13.6. The van der Waals surface area contributed by atoms with E-state index in [1.807, 2.05) is 6.07 Å². The molecule has 0 radical (unpaired) electrons. The van der Waals surface area contributed by atoms with Crippen LogP contribution in [-0.4, -0.2) is 16.6 Å². The van der Waals surface area contributed by atoms with E-state index >= 15 is 0 Å². The van der Waals surface area contributed by atoms with Crippen LogP contribution in [0, 0.1) is 17.1 Å². The van der Waals surface area contributed by atoms with Gasteiger partial charge in [-0.3, -0.25) is 4.79 Å². The maximum atomic E-state index is 13.6. The highest BCUT2D eigenvalue weighted by molar-refractivity contribution is 5.77. The first-order valence-corrected chi connectivity index (χ1v) is 6.70. The maximum Gasteiger partial charge on any atom is 0.223 e. The molecule has 2 rings (SSSR count). The molecule has 0 heterocycles. The number of carbonyl (C=O) groups is 1. The summed E-state index contributed by atoms with van der Waals surface area (Å²) < 4.78 is 13.6. The molecule has 106 valence electrons. The van der Waals surface area contributed by atoms with Gasteiger partial charge in [0.15, 0.2) is 0 Å². The van der Waals surface area contributed by atoms with Crippen LogP contribution in [0.25, 0.3) is 0 Å². The van der Waals surface area contributed by atoms with Gasteiger partial charge in [0.25, 0.3) is 0 Å². The standard InChI is InChI=1S/C15H17FN2O2/c16-13-7-11(9-17)3-4-12(13)10-18-14(19)8-15(20)5-1-2-6-15/h3-4,7,20H,1-2,5-6,8,10H2,(H,18,19). The molecule has 1 aliphatic carbocycles. The minimum absolute atomic E-state index is 0.0604. The summed E-state index contributed by atoms with van der Waals surface area (Å²) in [6, 6.07) is 5.99. The molecule has 0 aliphatic heterocycles. The van der Waals surface area contributed by atoms with Crippen LogP contribution < -0.4 is 5.32 Å². The summed E-state index contributed by atoms with van der Waals surface area (Å²) in [5.74, 6) is -0.790. The molecule has 1 saturated carbocycles. The summed E-state index contributed by atoms with van der Waals surface area (Å²) in [6.45, 7) is 0.0620. The number of nitriles is 1. The fourth-order valence-corrected chi connectivity index (χ4v) is 2.53. The fourth-order valence-electron chi connectivity index (χ4n) is 2.53. The van der Waals surface area contributed by atoms with E-state index in [0.29, 0.717) is 18.4 Å². The smallest absolute Gasteiger partial charge is 0.223 e. The SMILES string of the molecule is N#Cc1ccc(CNC(=O)CC2(O)CCCC2)c(F)c1. The van der Waals surface area contributed by atoms with Crippen LogP contribution in [0.5, 0.6) is 0 Å². The van der Waals surface area contributed by atoms with Crippen molar-refractivity contribution in [1.29, 1.82) is 5.26 Å². The number of nitrogens with zero attached hydrogens (tertiary/aromatic N) is 1. The molecular formula is C15H17FN2O2. The molecule has 1 aromatic carbocycles. The zero-order valence-electron chi connectivity index (χ0n) is 11.2. The number of hydrogen-bond donors (Lipinski definition) is 2. The lowest BCUT2D eigenvalue weighted by atomic mass is 9.97. The number of benzene rings is 1. The van der Waals surface area contributed by atoms with E-state index in [4.69, 9.17) is 5.26 Å². The highest BCUT2D eigenvalue weighted by Crippen LogP contribution is 2.32. The molecule has 1 aliphatic rings. The average molecular weight is 276 g/mol. The lowest BCUT2D eigenvalue weighted by Crippen LogP contribution is -2.34. The van der Waals surface area contributed by atoms with Gasteiger partial charge in [0, 0.05) is 12.1 Å². The van der Waals surface area contributed by atoms with Crippen molar-refractivity contribution in [1.82, 2.24) is 5.32 Å². The van der Waals surface area contributed by atoms with Gasteiger partial charge in [-0.05, 0) is 25.0 Å². The topological polar surface area (TPSA) is 73.1 Å². The second-order valence-electron chi connectivity index (χ2n) is 5.30. The van der Waals surface area contributed by atoms with Crippen LogP contribution in [0.3, 0.4) is 0 Å². The van der Waals surface area contributed by atoms with Gasteiger partial charge in [0.05, 0.1) is 23.7 Å². The van der Waals surface area contributed by atoms with Crippen LogP contribution in [0.15, 0.2) is 18.2 Å². The van der Waals surface area contributed by atoms with Crippen molar-refractivity contribution in [2.75, 3.05) is 0 Å². The Morgan fingerprint density at radius 3 is 2.75 bits per heavy atom. The second-order valence-corrected chi connectivity index (χ2v) is 5.30. The lowest BCUT2D eigenvalue weighted by molar-refractivity contribution is -0.126. The number of amides is 1. The monoisotopic (exact) mass is 276 g/mol. The molecule has 2 N–H and O–H groups in total. The minimum atomic E-state index is -0.896. The van der Waals surface area contributed by atoms with E-state index in [2.05, 4.69) is 5.32 Å². The van der Waals surface area contributed by atoms with Gasteiger partial charge in [-0.2, -0.15) is 5.26 Å². The highest BCUT2D eigenvalue weighted by atomic mass is 19.1. The van der Waals surface area contributed by atoms with Gasteiger partial charge in [0.1, 0.15) is 5.82 Å². The van der Waals surface area contributed by atoms with Gasteiger partial charge in [-0.15, -0.1) is 0 Å². The summed E-state index contributed by atoms with van der Waals surface area (Å²) >= 11 is 0. The molecule has 4 nitrogen and oxygen atoms in total. The van der Waals surface area contributed by atoms with E-state index in [1.165, 1.54) is 12.1 Å². The van der Waals surface area contributed by atoms with Crippen LogP contribution in [-0.2, 0) is 11.3 Å². The number of aliphatic hydroxyl groups is 1. The number of carbonyl (C=O) groups excluding carboxylic acids is 1. The van der Waals surface area contributed by atoms with Crippen molar-refractivity contribution < 1.29 is 14.3 Å². The molecule has 0 spiro atoms. The van der Waals surface area contributed by atoms with E-state index < -0.39 is 11.4 Å². The lowest BCUT2D eigenvalue weighted by Gasteiger charge is -2.21. The largest absolute Gasteiger partial charge is 0.389 e. The highest BCUT2D eigenvalue weighted by Gasteiger charge is 2.33. The predicted molar refractivity (Wildman–Crippen MR) is 71.0 cm³/mol. The normalized spacial score (nSPS) is 16.6. The molecule has 0 atom stereocenters. The second kappa shape index (κ2) is 6.02. The summed E-state index contributed by atoms with van der Waals surface area (Å²) in [5, 5.41) is 21.4. The van der Waals surface area contributed by atoms with Crippen molar-refractivity contribution in [2.24, 2.45) is 0 Å². The Hall–Kier alpha value is -1.93. The van der Waals surface area contributed by atoms with Gasteiger partial charge in [-0.25, -0.2) is 4.39 Å². The van der Waals surface area contributed by atoms with Crippen LogP contribution in [0.2, 0.25) is 0 Å². The molecular weight excluding hydrogens is 259 g/mol. The summed E-state index contributed by atoms with van der Waals surface area (Å²) in [7, 11) is 0. The Kier molecular flexibility index (Phi) is 4.35. The first kappa shape index (κ1) is 14.5. The molecule has 0 saturated heterocycles. The van der Waals surface area contributed by atoms with Crippen molar-refractivity contribution in [3.05, 3.63) is 35.1 Å². The number of rotatable bonds is 4. The van der Waals surface area contributed by atoms with E-state index in [-0.39, 0.29) is 24.4 Å². The van der Waals surface area contributed by atoms with Gasteiger partial charge in [0.2, 0.25) is 5.91 Å². The summed E-state index contributed by atoms with van der Waals surface area (Å²) in [6.07, 6.45) is 3.23. The Labute approximate surface area is 117 Å². The van der Waals surface area contributed by atoms with Crippen molar-refractivity contribution in [2.45, 2.75) is 44.2 Å². The molecule has 1 fully saturated rings. The Balaban J connectivity index is 1.89. The third kappa shape index (κ3) is 3.55. The number of halogens is 1. The van der Waals surface area contributed by atoms with E-state index in [0.717, 1.165) is 18.9 Å².